The van der Waals surface area contributed by atoms with Crippen LogP contribution in [0.2, 0.25) is 0 Å². The van der Waals surface area contributed by atoms with Crippen molar-refractivity contribution in [2.24, 2.45) is 13.0 Å². The molecule has 0 unspecified atom stereocenters. The van der Waals surface area contributed by atoms with Crippen LogP contribution >= 0.6 is 0 Å². The summed E-state index contributed by atoms with van der Waals surface area (Å²) in [6.07, 6.45) is -1.42. The Labute approximate surface area is 192 Å². The highest BCUT2D eigenvalue weighted by Gasteiger charge is 2.30. The molecule has 0 aliphatic carbocycles. The highest BCUT2D eigenvalue weighted by molar-refractivity contribution is 5.87. The molecule has 3 heterocycles. The fraction of sp³-hybridized carbons (Fsp3) is 0.455. The van der Waals surface area contributed by atoms with Crippen molar-refractivity contribution in [2.75, 3.05) is 18.5 Å². The minimum absolute atomic E-state index is 0.0416. The van der Waals surface area contributed by atoms with E-state index >= 15 is 0 Å². The maximum absolute atomic E-state index is 13.0. The maximum atomic E-state index is 13.0. The van der Waals surface area contributed by atoms with Gasteiger partial charge in [0.05, 0.1) is 11.9 Å². The number of carbonyl (C=O) groups excluding carboxylic acids is 1. The predicted octanol–water partition coefficient (Wildman–Crippen LogP) is 2.82. The van der Waals surface area contributed by atoms with Gasteiger partial charge in [-0.05, 0) is 49.9 Å². The summed E-state index contributed by atoms with van der Waals surface area (Å²) in [5, 5.41) is 10.1. The van der Waals surface area contributed by atoms with Crippen molar-refractivity contribution in [3.05, 3.63) is 46.5 Å². The van der Waals surface area contributed by atoms with Crippen LogP contribution in [0.4, 0.5) is 24.7 Å². The summed E-state index contributed by atoms with van der Waals surface area (Å²) in [4.78, 5) is 29.8. The smallest absolute Gasteiger partial charge is 0.381 e. The quantitative estimate of drug-likeness (QED) is 0.565. The van der Waals surface area contributed by atoms with Crippen LogP contribution in [0.15, 0.2) is 35.4 Å². The molecule has 1 aromatic carbocycles. The van der Waals surface area contributed by atoms with Crippen molar-refractivity contribution < 1.29 is 22.7 Å². The third-order valence-corrected chi connectivity index (χ3v) is 5.96. The molecule has 0 saturated carbocycles. The molecule has 0 radical (unpaired) electrons. The van der Waals surface area contributed by atoms with Crippen LogP contribution in [0, 0.1) is 5.92 Å². The first-order valence-electron chi connectivity index (χ1n) is 10.9. The number of aromatic nitrogens is 4. The van der Waals surface area contributed by atoms with E-state index in [0.29, 0.717) is 24.8 Å². The Morgan fingerprint density at radius 2 is 1.91 bits per heavy atom. The number of alkyl halides is 3. The lowest BCUT2D eigenvalue weighted by molar-refractivity contribution is -0.137. The van der Waals surface area contributed by atoms with Gasteiger partial charge in [-0.1, -0.05) is 0 Å². The van der Waals surface area contributed by atoms with E-state index in [2.05, 4.69) is 20.7 Å². The topological polar surface area (TPSA) is 103 Å². The van der Waals surface area contributed by atoms with Gasteiger partial charge in [-0.2, -0.15) is 18.3 Å². The van der Waals surface area contributed by atoms with Gasteiger partial charge in [-0.25, -0.2) is 4.98 Å². The first kappa shape index (κ1) is 23.7. The molecular formula is C22H25F3N6O3. The molecule has 182 valence electrons. The van der Waals surface area contributed by atoms with Gasteiger partial charge in [0.15, 0.2) is 11.3 Å². The second-order valence-corrected chi connectivity index (χ2v) is 8.35. The number of hydrogen-bond donors (Lipinski definition) is 2. The molecule has 1 atom stereocenters. The predicted molar refractivity (Wildman–Crippen MR) is 119 cm³/mol. The maximum Gasteiger partial charge on any atom is 0.416 e. The molecular weight excluding hydrogens is 453 g/mol. The molecule has 2 aromatic heterocycles. The summed E-state index contributed by atoms with van der Waals surface area (Å²) in [5.41, 5.74) is -0.439. The van der Waals surface area contributed by atoms with E-state index in [1.807, 2.05) is 6.92 Å². The Morgan fingerprint density at radius 1 is 1.24 bits per heavy atom. The zero-order valence-corrected chi connectivity index (χ0v) is 18.7. The number of nitrogens with one attached hydrogen (secondary N) is 2. The Bertz CT molecular complexity index is 1230. The second-order valence-electron chi connectivity index (χ2n) is 8.35. The summed E-state index contributed by atoms with van der Waals surface area (Å²) < 4.78 is 46.2. The first-order valence-corrected chi connectivity index (χ1v) is 10.9. The number of ether oxygens (including phenoxy) is 1. The summed E-state index contributed by atoms with van der Waals surface area (Å²) in [6, 6.07) is 4.41. The number of halogens is 3. The van der Waals surface area contributed by atoms with E-state index in [4.69, 9.17) is 4.74 Å². The normalized spacial score (nSPS) is 15.9. The SMILES string of the molecule is C[C@H](NC(=O)Cn1cnc2c(Nc3ccc(C(F)(F)F)cc3)nn(C)c2c1=O)C1CCOCC1. The molecule has 34 heavy (non-hydrogen) atoms. The Balaban J connectivity index is 1.50. The fourth-order valence-corrected chi connectivity index (χ4v) is 4.05. The van der Waals surface area contributed by atoms with E-state index in [1.165, 1.54) is 27.7 Å². The Hall–Kier alpha value is -3.41. The Kier molecular flexibility index (Phi) is 6.60. The van der Waals surface area contributed by atoms with Crippen LogP contribution in [0.25, 0.3) is 11.0 Å². The Morgan fingerprint density at radius 3 is 2.56 bits per heavy atom. The summed E-state index contributed by atoms with van der Waals surface area (Å²) in [6.45, 7) is 3.10. The zero-order chi connectivity index (χ0) is 24.5. The van der Waals surface area contributed by atoms with E-state index in [0.717, 1.165) is 25.0 Å². The highest BCUT2D eigenvalue weighted by atomic mass is 19.4. The lowest BCUT2D eigenvalue weighted by Gasteiger charge is -2.28. The third kappa shape index (κ3) is 5.06. The van der Waals surface area contributed by atoms with Crippen molar-refractivity contribution >= 4 is 28.4 Å². The molecule has 9 nitrogen and oxygen atoms in total. The van der Waals surface area contributed by atoms with Crippen LogP contribution in [-0.2, 0) is 29.3 Å². The van der Waals surface area contributed by atoms with Gasteiger partial charge >= 0.3 is 6.18 Å². The van der Waals surface area contributed by atoms with Crippen molar-refractivity contribution in [3.63, 3.8) is 0 Å². The number of hydrogen-bond acceptors (Lipinski definition) is 6. The minimum atomic E-state index is -4.43. The van der Waals surface area contributed by atoms with Crippen molar-refractivity contribution in [3.8, 4) is 0 Å². The van der Waals surface area contributed by atoms with Gasteiger partial charge in [-0.3, -0.25) is 18.8 Å². The van der Waals surface area contributed by atoms with Crippen LogP contribution in [0.3, 0.4) is 0 Å². The molecule has 1 aliphatic heterocycles. The standard InChI is InChI=1S/C22H25F3N6O3/c1-13(14-7-9-34-10-8-14)27-17(32)11-31-12-26-18-19(21(31)33)30(2)29-20(18)28-16-5-3-15(4-6-16)22(23,24)25/h3-6,12-14H,7-11H2,1-2H3,(H,27,32)(H,28,29)/t13-/m0/s1. The van der Waals surface area contributed by atoms with Gasteiger partial charge in [0.25, 0.3) is 5.56 Å². The van der Waals surface area contributed by atoms with Gasteiger partial charge in [0.2, 0.25) is 5.91 Å². The second kappa shape index (κ2) is 9.45. The van der Waals surface area contributed by atoms with Gasteiger partial charge in [-0.15, -0.1) is 0 Å². The van der Waals surface area contributed by atoms with E-state index in [-0.39, 0.29) is 35.3 Å². The van der Waals surface area contributed by atoms with Gasteiger partial charge in [0.1, 0.15) is 12.1 Å². The van der Waals surface area contributed by atoms with Crippen LogP contribution in [0.1, 0.15) is 25.3 Å². The van der Waals surface area contributed by atoms with Crippen LogP contribution in [0.5, 0.6) is 0 Å². The number of carbonyl (C=O) groups is 1. The van der Waals surface area contributed by atoms with E-state index < -0.39 is 17.3 Å². The highest BCUT2D eigenvalue weighted by Crippen LogP contribution is 2.30. The lowest BCUT2D eigenvalue weighted by atomic mass is 9.93. The number of benzene rings is 1. The molecule has 1 aliphatic rings. The number of amides is 1. The average molecular weight is 478 g/mol. The lowest BCUT2D eigenvalue weighted by Crippen LogP contribution is -2.42. The minimum Gasteiger partial charge on any atom is -0.381 e. The molecule has 0 spiro atoms. The molecule has 1 saturated heterocycles. The summed E-state index contributed by atoms with van der Waals surface area (Å²) in [7, 11) is 1.56. The van der Waals surface area contributed by atoms with Gasteiger partial charge < -0.3 is 15.4 Å². The number of anilines is 2. The number of nitrogens with zero attached hydrogens (tertiary/aromatic N) is 4. The molecule has 0 bridgehead atoms. The monoisotopic (exact) mass is 478 g/mol. The third-order valence-electron chi connectivity index (χ3n) is 5.96. The summed E-state index contributed by atoms with van der Waals surface area (Å²) in [5.74, 6) is 0.248. The zero-order valence-electron chi connectivity index (χ0n) is 18.7. The van der Waals surface area contributed by atoms with Crippen molar-refractivity contribution in [1.29, 1.82) is 0 Å². The largest absolute Gasteiger partial charge is 0.416 e. The molecule has 12 heteroatoms. The van der Waals surface area contributed by atoms with Crippen LogP contribution in [-0.4, -0.2) is 44.5 Å². The molecule has 1 amide bonds. The van der Waals surface area contributed by atoms with Crippen molar-refractivity contribution in [1.82, 2.24) is 24.6 Å². The number of aryl methyl sites for hydroxylation is 1. The molecule has 2 N–H and O–H groups in total. The van der Waals surface area contributed by atoms with Gasteiger partial charge in [0, 0.05) is 32.0 Å². The van der Waals surface area contributed by atoms with Crippen LogP contribution < -0.4 is 16.2 Å². The number of fused-ring (bicyclic) bond motifs is 1. The first-order chi connectivity index (χ1) is 16.1. The molecule has 3 aromatic rings. The number of rotatable bonds is 6. The van der Waals surface area contributed by atoms with E-state index in [9.17, 15) is 22.8 Å². The van der Waals surface area contributed by atoms with E-state index in [1.54, 1.807) is 7.05 Å². The molecule has 1 fully saturated rings. The fourth-order valence-electron chi connectivity index (χ4n) is 4.05. The van der Waals surface area contributed by atoms with Crippen molar-refractivity contribution in [2.45, 2.75) is 38.5 Å². The average Bonchev–Trinajstić information content (AvgIpc) is 3.11. The summed E-state index contributed by atoms with van der Waals surface area (Å²) >= 11 is 0. The molecule has 4 rings (SSSR count).